The smallest absolute Gasteiger partial charge is 0.252 e. The molecule has 172 valence electrons. The number of rotatable bonds is 9. The van der Waals surface area contributed by atoms with Crippen LogP contribution in [0.2, 0.25) is 0 Å². The van der Waals surface area contributed by atoms with Crippen molar-refractivity contribution in [3.8, 4) is 5.75 Å². The summed E-state index contributed by atoms with van der Waals surface area (Å²) < 4.78 is 33.3. The number of hydrogen-bond donors (Lipinski definition) is 0. The molecule has 1 heterocycles. The highest BCUT2D eigenvalue weighted by molar-refractivity contribution is 7.98. The Labute approximate surface area is 197 Å². The third-order valence-electron chi connectivity index (χ3n) is 4.93. The van der Waals surface area contributed by atoms with E-state index >= 15 is 0 Å². The SMILES string of the molecule is CCOc1ccc2c(c1)sc(=NC(=O)Cc1ccc(S(=O)(=O)C(C)C)cc1)n2CCSC. The van der Waals surface area contributed by atoms with Gasteiger partial charge < -0.3 is 9.30 Å². The normalized spacial score (nSPS) is 12.6. The molecule has 0 fully saturated rings. The average Bonchev–Trinajstić information content (AvgIpc) is 3.08. The van der Waals surface area contributed by atoms with Gasteiger partial charge in [-0.15, -0.1) is 0 Å². The highest BCUT2D eigenvalue weighted by atomic mass is 32.2. The molecule has 3 rings (SSSR count). The molecule has 0 N–H and O–H groups in total. The zero-order valence-electron chi connectivity index (χ0n) is 18.7. The van der Waals surface area contributed by atoms with E-state index < -0.39 is 15.1 Å². The molecule has 0 atom stereocenters. The standard InChI is InChI=1S/C23H28N2O4S3/c1-5-29-18-8-11-20-21(15-18)31-23(25(20)12-13-30-4)24-22(26)14-17-6-9-19(10-7-17)32(27,28)16(2)3/h6-11,15-16H,5,12-14H2,1-4H3. The van der Waals surface area contributed by atoms with Crippen molar-refractivity contribution >= 4 is 49.1 Å². The van der Waals surface area contributed by atoms with E-state index in [1.54, 1.807) is 49.9 Å². The number of thiazole rings is 1. The number of benzene rings is 2. The minimum absolute atomic E-state index is 0.114. The summed E-state index contributed by atoms with van der Waals surface area (Å²) in [5, 5.41) is -0.488. The number of fused-ring (bicyclic) bond motifs is 1. The lowest BCUT2D eigenvalue weighted by molar-refractivity contribution is -0.117. The first kappa shape index (κ1) is 24.5. The number of amides is 1. The Morgan fingerprint density at radius 1 is 1.19 bits per heavy atom. The van der Waals surface area contributed by atoms with Crippen LogP contribution in [-0.2, 0) is 27.6 Å². The van der Waals surface area contributed by atoms with Crippen molar-refractivity contribution in [1.82, 2.24) is 4.57 Å². The first-order chi connectivity index (χ1) is 15.3. The lowest BCUT2D eigenvalue weighted by atomic mass is 10.1. The lowest BCUT2D eigenvalue weighted by Crippen LogP contribution is -2.18. The maximum Gasteiger partial charge on any atom is 0.252 e. The van der Waals surface area contributed by atoms with Crippen LogP contribution in [0, 0.1) is 0 Å². The molecule has 0 aliphatic carbocycles. The van der Waals surface area contributed by atoms with Crippen molar-refractivity contribution in [2.45, 2.75) is 43.9 Å². The summed E-state index contributed by atoms with van der Waals surface area (Å²) in [7, 11) is -3.33. The molecule has 1 aromatic heterocycles. The Balaban J connectivity index is 1.89. The van der Waals surface area contributed by atoms with Crippen LogP contribution in [0.1, 0.15) is 26.3 Å². The molecule has 0 radical (unpaired) electrons. The van der Waals surface area contributed by atoms with Gasteiger partial charge in [0.05, 0.1) is 33.4 Å². The van der Waals surface area contributed by atoms with Crippen molar-refractivity contribution < 1.29 is 17.9 Å². The van der Waals surface area contributed by atoms with Gasteiger partial charge in [-0.05, 0) is 62.9 Å². The number of ether oxygens (including phenoxy) is 1. The van der Waals surface area contributed by atoms with Crippen molar-refractivity contribution in [1.29, 1.82) is 0 Å². The van der Waals surface area contributed by atoms with Crippen molar-refractivity contribution in [2.75, 3.05) is 18.6 Å². The van der Waals surface area contributed by atoms with Crippen LogP contribution in [0.3, 0.4) is 0 Å². The first-order valence-corrected chi connectivity index (χ1v) is 14.2. The average molecular weight is 493 g/mol. The molecule has 1 amide bonds. The van der Waals surface area contributed by atoms with Gasteiger partial charge in [-0.2, -0.15) is 16.8 Å². The summed E-state index contributed by atoms with van der Waals surface area (Å²) >= 11 is 3.21. The van der Waals surface area contributed by atoms with Crippen LogP contribution in [0.25, 0.3) is 10.2 Å². The molecule has 0 aliphatic rings. The van der Waals surface area contributed by atoms with Crippen molar-refractivity contribution in [3.05, 3.63) is 52.8 Å². The number of thioether (sulfide) groups is 1. The third kappa shape index (κ3) is 5.63. The van der Waals surface area contributed by atoms with Gasteiger partial charge in [0.15, 0.2) is 14.6 Å². The molecule has 0 bridgehead atoms. The van der Waals surface area contributed by atoms with Crippen LogP contribution in [0.15, 0.2) is 52.4 Å². The van der Waals surface area contributed by atoms with Gasteiger partial charge in [0, 0.05) is 12.3 Å². The fourth-order valence-corrected chi connectivity index (χ4v) is 5.71. The first-order valence-electron chi connectivity index (χ1n) is 10.4. The largest absolute Gasteiger partial charge is 0.494 e. The molecule has 0 spiro atoms. The number of nitrogens with zero attached hydrogens (tertiary/aromatic N) is 2. The quantitative estimate of drug-likeness (QED) is 0.445. The molecule has 0 saturated heterocycles. The summed E-state index contributed by atoms with van der Waals surface area (Å²) in [4.78, 5) is 18.0. The number of sulfone groups is 1. The predicted octanol–water partition coefficient (Wildman–Crippen LogP) is 4.32. The fourth-order valence-electron chi connectivity index (χ4n) is 3.18. The third-order valence-corrected chi connectivity index (χ3v) is 8.73. The minimum Gasteiger partial charge on any atom is -0.494 e. The Kier molecular flexibility index (Phi) is 8.19. The Hall–Kier alpha value is -2.10. The molecule has 6 nitrogen and oxygen atoms in total. The fraction of sp³-hybridized carbons (Fsp3) is 0.391. The highest BCUT2D eigenvalue weighted by Gasteiger charge is 2.19. The number of carbonyl (C=O) groups is 1. The molecule has 2 aromatic carbocycles. The van der Waals surface area contributed by atoms with Crippen molar-refractivity contribution in [3.63, 3.8) is 0 Å². The van der Waals surface area contributed by atoms with Gasteiger partial charge in [0.1, 0.15) is 5.75 Å². The maximum atomic E-state index is 12.7. The van der Waals surface area contributed by atoms with Crippen molar-refractivity contribution in [2.24, 2.45) is 4.99 Å². The summed E-state index contributed by atoms with van der Waals surface area (Å²) in [5.41, 5.74) is 1.76. The van der Waals surface area contributed by atoms with Crippen LogP contribution in [-0.4, -0.2) is 42.8 Å². The van der Waals surface area contributed by atoms with E-state index in [0.29, 0.717) is 11.4 Å². The molecule has 0 unspecified atom stereocenters. The number of aryl methyl sites for hydroxylation is 1. The van der Waals surface area contributed by atoms with Crippen LogP contribution >= 0.6 is 23.1 Å². The second-order valence-electron chi connectivity index (χ2n) is 7.51. The van der Waals surface area contributed by atoms with Gasteiger partial charge in [0.25, 0.3) is 5.91 Å². The Morgan fingerprint density at radius 3 is 2.53 bits per heavy atom. The van der Waals surface area contributed by atoms with Gasteiger partial charge >= 0.3 is 0 Å². The second-order valence-corrected chi connectivity index (χ2v) is 12.0. The van der Waals surface area contributed by atoms with E-state index in [9.17, 15) is 13.2 Å². The molecule has 3 aromatic rings. The molecule has 9 heteroatoms. The number of aromatic nitrogens is 1. The number of carbonyl (C=O) groups excluding carboxylic acids is 1. The summed E-state index contributed by atoms with van der Waals surface area (Å²) in [6.07, 6.45) is 2.16. The topological polar surface area (TPSA) is 77.7 Å². The molecule has 0 saturated carbocycles. The monoisotopic (exact) mass is 492 g/mol. The van der Waals surface area contributed by atoms with Crippen LogP contribution < -0.4 is 9.54 Å². The Morgan fingerprint density at radius 2 is 1.91 bits per heavy atom. The molecular formula is C23H28N2O4S3. The molecule has 32 heavy (non-hydrogen) atoms. The zero-order valence-corrected chi connectivity index (χ0v) is 21.1. The van der Waals surface area contributed by atoms with Crippen LogP contribution in [0.4, 0.5) is 0 Å². The molecular weight excluding hydrogens is 464 g/mol. The zero-order chi connectivity index (χ0) is 23.3. The van der Waals surface area contributed by atoms with E-state index in [-0.39, 0.29) is 17.2 Å². The van der Waals surface area contributed by atoms with E-state index in [1.807, 2.05) is 31.4 Å². The lowest BCUT2D eigenvalue weighted by Gasteiger charge is -2.08. The van der Waals surface area contributed by atoms with E-state index in [2.05, 4.69) is 9.56 Å². The highest BCUT2D eigenvalue weighted by Crippen LogP contribution is 2.24. The van der Waals surface area contributed by atoms with Gasteiger partial charge in [-0.3, -0.25) is 4.79 Å². The van der Waals surface area contributed by atoms with E-state index in [1.165, 1.54) is 11.3 Å². The second kappa shape index (κ2) is 10.7. The summed E-state index contributed by atoms with van der Waals surface area (Å²) in [6.45, 7) is 6.60. The van der Waals surface area contributed by atoms with E-state index in [4.69, 9.17) is 4.74 Å². The summed E-state index contributed by atoms with van der Waals surface area (Å²) in [6, 6.07) is 12.4. The van der Waals surface area contributed by atoms with Gasteiger partial charge in [-0.1, -0.05) is 23.5 Å². The Bertz CT molecular complexity index is 1260. The number of hydrogen-bond acceptors (Lipinski definition) is 6. The predicted molar refractivity (Wildman–Crippen MR) is 132 cm³/mol. The summed E-state index contributed by atoms with van der Waals surface area (Å²) in [5.74, 6) is 1.44. The van der Waals surface area contributed by atoms with E-state index in [0.717, 1.165) is 33.8 Å². The molecule has 0 aliphatic heterocycles. The van der Waals surface area contributed by atoms with Gasteiger partial charge in [0.2, 0.25) is 0 Å². The van der Waals surface area contributed by atoms with Gasteiger partial charge in [-0.25, -0.2) is 8.42 Å². The van der Waals surface area contributed by atoms with Crippen LogP contribution in [0.5, 0.6) is 5.75 Å². The maximum absolute atomic E-state index is 12.7. The minimum atomic E-state index is -3.33.